The maximum atomic E-state index is 5.34. The first kappa shape index (κ1) is 33.9. The normalized spacial score (nSPS) is 13.1. The highest BCUT2D eigenvalue weighted by Gasteiger charge is 2.46. The number of pyridine rings is 1. The number of aromatic nitrogens is 1. The van der Waals surface area contributed by atoms with Gasteiger partial charge in [0.05, 0.1) is 16.6 Å². The van der Waals surface area contributed by atoms with Crippen LogP contribution >= 0.6 is 0 Å². The first-order chi connectivity index (χ1) is 28.6. The van der Waals surface area contributed by atoms with Gasteiger partial charge in [0.2, 0.25) is 0 Å². The quantitative estimate of drug-likeness (QED) is 0.122. The second-order valence-corrected chi connectivity index (χ2v) is 15.5. The van der Waals surface area contributed by atoms with Gasteiger partial charge >= 0.3 is 0 Å². The van der Waals surface area contributed by atoms with Crippen molar-refractivity contribution in [2.45, 2.75) is 12.3 Å². The van der Waals surface area contributed by atoms with Crippen molar-refractivity contribution in [3.05, 3.63) is 240 Å². The van der Waals surface area contributed by atoms with E-state index in [9.17, 15) is 0 Å². The van der Waals surface area contributed by atoms with Gasteiger partial charge < -0.3 is 0 Å². The molecule has 0 radical (unpaired) electrons. The Morgan fingerprint density at radius 3 is 1.59 bits per heavy atom. The Morgan fingerprint density at radius 2 is 0.966 bits per heavy atom. The molecule has 1 nitrogen and oxygen atoms in total. The molecular weight excluding hydrogens is 699 g/mol. The molecule has 0 saturated carbocycles. The zero-order valence-electron chi connectivity index (χ0n) is 32.3. The Hall–Kier alpha value is -7.35. The molecule has 0 saturated heterocycles. The summed E-state index contributed by atoms with van der Waals surface area (Å²) in [6.45, 7) is 6.03. The van der Waals surface area contributed by atoms with E-state index in [1.54, 1.807) is 0 Å². The van der Waals surface area contributed by atoms with E-state index in [2.05, 4.69) is 208 Å². The number of nitrogens with zero attached hydrogens (tertiary/aromatic N) is 1. The monoisotopic (exact) mass is 737 g/mol. The van der Waals surface area contributed by atoms with Gasteiger partial charge in [0.15, 0.2) is 0 Å². The lowest BCUT2D eigenvalue weighted by molar-refractivity contribution is 0.769. The zero-order valence-corrected chi connectivity index (χ0v) is 32.3. The molecule has 9 aromatic carbocycles. The van der Waals surface area contributed by atoms with Crippen LogP contribution in [0.1, 0.15) is 33.4 Å². The van der Waals surface area contributed by atoms with Crippen molar-refractivity contribution in [1.82, 2.24) is 4.98 Å². The van der Waals surface area contributed by atoms with Crippen LogP contribution in [-0.2, 0) is 5.41 Å². The number of allylic oxidation sites excluding steroid dienone is 2. The fraction of sp³-hybridized carbons (Fsp3) is 0.0351. The minimum atomic E-state index is -0.561. The van der Waals surface area contributed by atoms with Gasteiger partial charge in [-0.2, -0.15) is 0 Å². The molecule has 10 aromatic rings. The second kappa shape index (κ2) is 13.4. The maximum Gasteiger partial charge on any atom is 0.0744 e. The van der Waals surface area contributed by atoms with Crippen LogP contribution < -0.4 is 0 Å². The lowest BCUT2D eigenvalue weighted by Crippen LogP contribution is -2.28. The van der Waals surface area contributed by atoms with Crippen molar-refractivity contribution in [2.24, 2.45) is 0 Å². The van der Waals surface area contributed by atoms with Crippen molar-refractivity contribution in [3.8, 4) is 33.5 Å². The third kappa shape index (κ3) is 5.07. The summed E-state index contributed by atoms with van der Waals surface area (Å²) in [6.07, 6.45) is 5.90. The average Bonchev–Trinajstić information content (AvgIpc) is 3.59. The van der Waals surface area contributed by atoms with Crippen LogP contribution in [0.25, 0.3) is 82.8 Å². The molecule has 0 atom stereocenters. The van der Waals surface area contributed by atoms with E-state index < -0.39 is 5.41 Å². The van der Waals surface area contributed by atoms with Crippen molar-refractivity contribution in [1.29, 1.82) is 0 Å². The fourth-order valence-corrected chi connectivity index (χ4v) is 9.77. The van der Waals surface area contributed by atoms with Crippen molar-refractivity contribution < 1.29 is 0 Å². The topological polar surface area (TPSA) is 12.9 Å². The third-order valence-corrected chi connectivity index (χ3v) is 12.5. The van der Waals surface area contributed by atoms with E-state index in [0.29, 0.717) is 0 Å². The molecule has 0 fully saturated rings. The number of hydrogen-bond donors (Lipinski definition) is 0. The Morgan fingerprint density at radius 1 is 0.466 bits per heavy atom. The Kier molecular flexibility index (Phi) is 7.84. The Bertz CT molecular complexity index is 3220. The van der Waals surface area contributed by atoms with Gasteiger partial charge in [0.25, 0.3) is 0 Å². The molecule has 0 amide bonds. The van der Waals surface area contributed by atoms with Gasteiger partial charge in [-0.05, 0) is 119 Å². The van der Waals surface area contributed by atoms with Crippen LogP contribution in [-0.4, -0.2) is 4.98 Å². The molecule has 0 unspecified atom stereocenters. The van der Waals surface area contributed by atoms with Gasteiger partial charge in [-0.1, -0.05) is 189 Å². The molecular formula is C57H39N. The first-order valence-electron chi connectivity index (χ1n) is 20.1. The standard InChI is InChI=1S/C57H39N/c1-3-4-15-38-24-25-39-29-33-55(58-56(39)37(38)2)42-28-32-51-50-31-27-41(35-53(50)57(54(51)36-42,43-16-7-5-8-17-43)44-18-9-6-10-19-44)40-26-30-49-47-22-12-11-20-45(47)46-21-13-14-23-48(46)52(49)34-40/h3-36H,1H2,2H3/b15-4-. The molecule has 1 heteroatoms. The van der Waals surface area contributed by atoms with Crippen LogP contribution in [0, 0.1) is 6.92 Å². The van der Waals surface area contributed by atoms with Gasteiger partial charge in [0.1, 0.15) is 0 Å². The lowest BCUT2D eigenvalue weighted by Gasteiger charge is -2.34. The summed E-state index contributed by atoms with van der Waals surface area (Å²) in [7, 11) is 0. The Balaban J connectivity index is 1.14. The van der Waals surface area contributed by atoms with Crippen molar-refractivity contribution in [2.75, 3.05) is 0 Å². The fourth-order valence-electron chi connectivity index (χ4n) is 9.77. The van der Waals surface area contributed by atoms with Gasteiger partial charge in [-0.15, -0.1) is 0 Å². The van der Waals surface area contributed by atoms with Gasteiger partial charge in [-0.25, -0.2) is 4.98 Å². The van der Waals surface area contributed by atoms with Gasteiger partial charge in [-0.3, -0.25) is 0 Å². The summed E-state index contributed by atoms with van der Waals surface area (Å²) in [6, 6.07) is 69.7. The predicted molar refractivity (Wildman–Crippen MR) is 246 cm³/mol. The molecule has 1 heterocycles. The van der Waals surface area contributed by atoms with Crippen molar-refractivity contribution in [3.63, 3.8) is 0 Å². The van der Waals surface area contributed by atoms with Gasteiger partial charge in [0, 0.05) is 10.9 Å². The van der Waals surface area contributed by atoms with E-state index in [4.69, 9.17) is 4.98 Å². The second-order valence-electron chi connectivity index (χ2n) is 15.5. The third-order valence-electron chi connectivity index (χ3n) is 12.5. The lowest BCUT2D eigenvalue weighted by atomic mass is 9.67. The highest BCUT2D eigenvalue weighted by atomic mass is 14.7. The molecule has 11 rings (SSSR count). The number of hydrogen-bond acceptors (Lipinski definition) is 1. The highest BCUT2D eigenvalue weighted by molar-refractivity contribution is 6.25. The Labute approximate surface area is 338 Å². The molecule has 1 aliphatic rings. The average molecular weight is 738 g/mol. The van der Waals surface area contributed by atoms with E-state index in [1.165, 1.54) is 76.8 Å². The summed E-state index contributed by atoms with van der Waals surface area (Å²) in [5.41, 5.74) is 14.8. The largest absolute Gasteiger partial charge is 0.247 e. The predicted octanol–water partition coefficient (Wildman–Crippen LogP) is 14.9. The summed E-state index contributed by atoms with van der Waals surface area (Å²) in [5, 5.41) is 8.85. The van der Waals surface area contributed by atoms with E-state index in [-0.39, 0.29) is 0 Å². The molecule has 272 valence electrons. The van der Waals surface area contributed by atoms with Crippen molar-refractivity contribution >= 4 is 49.3 Å². The number of aryl methyl sites for hydroxylation is 1. The molecule has 0 spiro atoms. The molecule has 0 N–H and O–H groups in total. The summed E-state index contributed by atoms with van der Waals surface area (Å²) < 4.78 is 0. The minimum Gasteiger partial charge on any atom is -0.247 e. The molecule has 58 heavy (non-hydrogen) atoms. The van der Waals surface area contributed by atoms with E-state index in [1.807, 2.05) is 12.2 Å². The number of benzene rings is 9. The zero-order chi connectivity index (χ0) is 38.8. The van der Waals surface area contributed by atoms with Crippen LogP contribution in [0.2, 0.25) is 0 Å². The molecule has 0 bridgehead atoms. The smallest absolute Gasteiger partial charge is 0.0744 e. The summed E-state index contributed by atoms with van der Waals surface area (Å²) >= 11 is 0. The maximum absolute atomic E-state index is 5.34. The number of rotatable bonds is 6. The number of fused-ring (bicyclic) bond motifs is 10. The van der Waals surface area contributed by atoms with E-state index >= 15 is 0 Å². The summed E-state index contributed by atoms with van der Waals surface area (Å²) in [5.74, 6) is 0. The van der Waals surface area contributed by atoms with Crippen LogP contribution in [0.5, 0.6) is 0 Å². The molecule has 1 aromatic heterocycles. The molecule has 0 aliphatic heterocycles. The molecule has 1 aliphatic carbocycles. The van der Waals surface area contributed by atoms with Crippen LogP contribution in [0.4, 0.5) is 0 Å². The summed E-state index contributed by atoms with van der Waals surface area (Å²) in [4.78, 5) is 5.34. The minimum absolute atomic E-state index is 0.561. The first-order valence-corrected chi connectivity index (χ1v) is 20.1. The SMILES string of the molecule is C=C/C=C\c1ccc2ccc(-c3ccc4c(c3)C(c3ccccc3)(c3ccccc3)c3cc(-c5ccc6c7ccccc7c7ccccc7c6c5)ccc3-4)nc2c1C. The highest BCUT2D eigenvalue weighted by Crippen LogP contribution is 2.57. The van der Waals surface area contributed by atoms with E-state index in [0.717, 1.165) is 33.3 Å². The van der Waals surface area contributed by atoms with Crippen LogP contribution in [0.3, 0.4) is 0 Å². The van der Waals surface area contributed by atoms with Crippen LogP contribution in [0.15, 0.2) is 207 Å².